The lowest BCUT2D eigenvalue weighted by atomic mass is 10.1. The zero-order valence-corrected chi connectivity index (χ0v) is 8.25. The molecule has 0 bridgehead atoms. The number of carbonyl (C=O) groups is 1. The summed E-state index contributed by atoms with van der Waals surface area (Å²) in [6.07, 6.45) is -1.80. The van der Waals surface area contributed by atoms with Gasteiger partial charge in [0, 0.05) is 5.56 Å². The molecule has 0 radical (unpaired) electrons. The summed E-state index contributed by atoms with van der Waals surface area (Å²) in [5, 5.41) is 26.6. The van der Waals surface area contributed by atoms with Crippen molar-refractivity contribution in [2.75, 3.05) is 0 Å². The van der Waals surface area contributed by atoms with E-state index in [0.29, 0.717) is 0 Å². The fraction of sp³-hybridized carbons (Fsp3) is 0.125. The summed E-state index contributed by atoms with van der Waals surface area (Å²) < 4.78 is 0. The number of aliphatic carboxylic acids is 1. The third-order valence-electron chi connectivity index (χ3n) is 1.57. The molecule has 0 aromatic heterocycles. The fourth-order valence-corrected chi connectivity index (χ4v) is 1.64. The topological polar surface area (TPSA) is 77.8 Å². The highest BCUT2D eigenvalue weighted by Crippen LogP contribution is 2.34. The van der Waals surface area contributed by atoms with Crippen LogP contribution >= 0.6 is 23.2 Å². The van der Waals surface area contributed by atoms with Crippen molar-refractivity contribution in [3.8, 4) is 5.75 Å². The first-order valence-corrected chi connectivity index (χ1v) is 4.28. The molecule has 6 heteroatoms. The van der Waals surface area contributed by atoms with E-state index in [2.05, 4.69) is 0 Å². The van der Waals surface area contributed by atoms with Crippen molar-refractivity contribution < 1.29 is 20.1 Å². The lowest BCUT2D eigenvalue weighted by Crippen LogP contribution is -2.11. The van der Waals surface area contributed by atoms with Gasteiger partial charge in [0.15, 0.2) is 6.10 Å². The maximum atomic E-state index is 10.5. The van der Waals surface area contributed by atoms with Gasteiger partial charge >= 0.3 is 5.97 Å². The number of carboxylic acid groups (broad SMARTS) is 1. The zero-order chi connectivity index (χ0) is 10.9. The van der Waals surface area contributed by atoms with E-state index in [0.717, 1.165) is 12.1 Å². The summed E-state index contributed by atoms with van der Waals surface area (Å²) in [5.74, 6) is -1.65. The molecular weight excluding hydrogens is 231 g/mol. The highest BCUT2D eigenvalue weighted by Gasteiger charge is 2.22. The van der Waals surface area contributed by atoms with Crippen LogP contribution in [0.25, 0.3) is 0 Å². The number of hydrogen-bond acceptors (Lipinski definition) is 3. The maximum Gasteiger partial charge on any atom is 0.337 e. The molecule has 1 unspecified atom stereocenters. The number of hydrogen-bond donors (Lipinski definition) is 3. The molecule has 0 aliphatic rings. The number of aliphatic hydroxyl groups excluding tert-OH is 1. The first kappa shape index (κ1) is 11.1. The molecule has 14 heavy (non-hydrogen) atoms. The highest BCUT2D eigenvalue weighted by molar-refractivity contribution is 6.36. The summed E-state index contributed by atoms with van der Waals surface area (Å²) in [4.78, 5) is 10.5. The van der Waals surface area contributed by atoms with Gasteiger partial charge in [-0.25, -0.2) is 4.79 Å². The third-order valence-corrected chi connectivity index (χ3v) is 2.20. The monoisotopic (exact) mass is 236 g/mol. The molecule has 4 nitrogen and oxygen atoms in total. The molecule has 1 rings (SSSR count). The van der Waals surface area contributed by atoms with E-state index in [9.17, 15) is 9.90 Å². The van der Waals surface area contributed by atoms with E-state index in [4.69, 9.17) is 33.4 Å². The summed E-state index contributed by atoms with van der Waals surface area (Å²) >= 11 is 11.2. The van der Waals surface area contributed by atoms with E-state index in [-0.39, 0.29) is 21.4 Å². The lowest BCUT2D eigenvalue weighted by molar-refractivity contribution is -0.146. The Hall–Kier alpha value is -0.970. The number of aromatic hydroxyl groups is 1. The molecule has 0 aliphatic carbocycles. The van der Waals surface area contributed by atoms with Crippen molar-refractivity contribution in [3.05, 3.63) is 27.7 Å². The minimum Gasteiger partial charge on any atom is -0.508 e. The largest absolute Gasteiger partial charge is 0.508 e. The van der Waals surface area contributed by atoms with Gasteiger partial charge in [-0.15, -0.1) is 0 Å². The van der Waals surface area contributed by atoms with E-state index in [1.807, 2.05) is 0 Å². The smallest absolute Gasteiger partial charge is 0.337 e. The van der Waals surface area contributed by atoms with Crippen LogP contribution in [-0.2, 0) is 4.79 Å². The third kappa shape index (κ3) is 2.09. The number of rotatable bonds is 2. The number of phenolic OH excluding ortho intramolecular Hbond substituents is 1. The standard InChI is InChI=1S/C8H6Cl2O4/c9-4-1-3(11)2-5(10)6(4)7(12)8(13)14/h1-2,7,11-12H,(H,13,14). The predicted molar refractivity (Wildman–Crippen MR) is 50.7 cm³/mol. The van der Waals surface area contributed by atoms with Crippen LogP contribution in [0.1, 0.15) is 11.7 Å². The normalized spacial score (nSPS) is 12.5. The first-order chi connectivity index (χ1) is 6.43. The second kappa shape index (κ2) is 4.04. The van der Waals surface area contributed by atoms with Crippen LogP contribution in [0.3, 0.4) is 0 Å². The number of aliphatic hydroxyl groups is 1. The molecule has 0 heterocycles. The van der Waals surface area contributed by atoms with Crippen LogP contribution in [0, 0.1) is 0 Å². The minimum atomic E-state index is -1.80. The number of carboxylic acids is 1. The van der Waals surface area contributed by atoms with Crippen LogP contribution in [0.15, 0.2) is 12.1 Å². The number of halogens is 2. The van der Waals surface area contributed by atoms with Crippen molar-refractivity contribution in [3.63, 3.8) is 0 Å². The van der Waals surface area contributed by atoms with E-state index in [1.54, 1.807) is 0 Å². The van der Waals surface area contributed by atoms with Crippen molar-refractivity contribution in [2.45, 2.75) is 6.10 Å². The van der Waals surface area contributed by atoms with Gasteiger partial charge in [-0.1, -0.05) is 23.2 Å². The molecule has 1 aromatic rings. The molecule has 0 fully saturated rings. The second-order valence-corrected chi connectivity index (χ2v) is 3.38. The predicted octanol–water partition coefficient (Wildman–Crippen LogP) is 1.82. The SMILES string of the molecule is O=C(O)C(O)c1c(Cl)cc(O)cc1Cl. The Bertz CT molecular complexity index is 355. The Labute approximate surface area is 89.3 Å². The second-order valence-electron chi connectivity index (χ2n) is 2.56. The highest BCUT2D eigenvalue weighted by atomic mass is 35.5. The van der Waals surface area contributed by atoms with Crippen LogP contribution in [0.2, 0.25) is 10.0 Å². The fourth-order valence-electron chi connectivity index (χ4n) is 0.956. The Morgan fingerprint density at radius 1 is 1.29 bits per heavy atom. The Morgan fingerprint density at radius 2 is 1.71 bits per heavy atom. The molecule has 0 amide bonds. The van der Waals surface area contributed by atoms with Gasteiger partial charge in [-0.05, 0) is 12.1 Å². The van der Waals surface area contributed by atoms with Crippen molar-refractivity contribution in [2.24, 2.45) is 0 Å². The van der Waals surface area contributed by atoms with Crippen LogP contribution in [0.5, 0.6) is 5.75 Å². The molecule has 0 aliphatic heterocycles. The molecule has 76 valence electrons. The molecule has 0 saturated carbocycles. The lowest BCUT2D eigenvalue weighted by Gasteiger charge is -2.10. The van der Waals surface area contributed by atoms with Crippen molar-refractivity contribution >= 4 is 29.2 Å². The van der Waals surface area contributed by atoms with Gasteiger partial charge in [0.05, 0.1) is 10.0 Å². The van der Waals surface area contributed by atoms with E-state index < -0.39 is 12.1 Å². The molecular formula is C8H6Cl2O4. The number of benzene rings is 1. The van der Waals surface area contributed by atoms with Crippen molar-refractivity contribution in [1.82, 2.24) is 0 Å². The molecule has 0 spiro atoms. The summed E-state index contributed by atoms with van der Waals surface area (Å²) in [7, 11) is 0. The molecule has 3 N–H and O–H groups in total. The van der Waals surface area contributed by atoms with Crippen LogP contribution < -0.4 is 0 Å². The van der Waals surface area contributed by atoms with Gasteiger partial charge < -0.3 is 15.3 Å². The van der Waals surface area contributed by atoms with E-state index in [1.165, 1.54) is 0 Å². The Morgan fingerprint density at radius 3 is 2.07 bits per heavy atom. The van der Waals surface area contributed by atoms with Gasteiger partial charge in [0.1, 0.15) is 5.75 Å². The average molecular weight is 237 g/mol. The van der Waals surface area contributed by atoms with Gasteiger partial charge in [0.2, 0.25) is 0 Å². The zero-order valence-electron chi connectivity index (χ0n) is 6.74. The van der Waals surface area contributed by atoms with Crippen molar-refractivity contribution in [1.29, 1.82) is 0 Å². The first-order valence-electron chi connectivity index (χ1n) is 3.52. The summed E-state index contributed by atoms with van der Waals surface area (Å²) in [6.45, 7) is 0. The molecule has 0 saturated heterocycles. The summed E-state index contributed by atoms with van der Waals surface area (Å²) in [5.41, 5.74) is -0.126. The molecule has 1 atom stereocenters. The molecule has 1 aromatic carbocycles. The number of phenols is 1. The Balaban J connectivity index is 3.27. The average Bonchev–Trinajstić information content (AvgIpc) is 2.01. The summed E-state index contributed by atoms with van der Waals surface area (Å²) in [6, 6.07) is 2.21. The van der Waals surface area contributed by atoms with E-state index >= 15 is 0 Å². The van der Waals surface area contributed by atoms with Gasteiger partial charge in [-0.2, -0.15) is 0 Å². The van der Waals surface area contributed by atoms with Crippen LogP contribution in [-0.4, -0.2) is 21.3 Å². The van der Waals surface area contributed by atoms with Gasteiger partial charge in [-0.3, -0.25) is 0 Å². The van der Waals surface area contributed by atoms with Gasteiger partial charge in [0.25, 0.3) is 0 Å². The minimum absolute atomic E-state index is 0.0927. The van der Waals surface area contributed by atoms with Crippen LogP contribution in [0.4, 0.5) is 0 Å². The maximum absolute atomic E-state index is 10.5. The quantitative estimate of drug-likeness (QED) is 0.732. The Kier molecular flexibility index (Phi) is 3.21.